The quantitative estimate of drug-likeness (QED) is 0.320. The van der Waals surface area contributed by atoms with Crippen LogP contribution >= 0.6 is 0 Å². The van der Waals surface area contributed by atoms with Gasteiger partial charge in [0, 0.05) is 12.7 Å². The minimum Gasteiger partial charge on any atom is -0.493 e. The zero-order valence-corrected chi connectivity index (χ0v) is 14.1. The average molecular weight is 332 g/mol. The van der Waals surface area contributed by atoms with Crippen LogP contribution in [0.4, 0.5) is 0 Å². The molecule has 1 unspecified atom stereocenters. The van der Waals surface area contributed by atoms with E-state index in [1.165, 1.54) is 28.4 Å². The van der Waals surface area contributed by atoms with Crippen LogP contribution in [0, 0.1) is 0 Å². The molecule has 0 radical (unpaired) electrons. The Morgan fingerprint density at radius 2 is 1.58 bits per heavy atom. The van der Waals surface area contributed by atoms with Gasteiger partial charge in [0.15, 0.2) is 11.5 Å². The Bertz CT molecular complexity index is 685. The van der Waals surface area contributed by atoms with Crippen LogP contribution in [0.2, 0.25) is 0 Å². The molecule has 2 aromatic carbocycles. The number of benzene rings is 2. The number of para-hydroxylation sites is 1. The third kappa shape index (κ3) is 3.12. The number of rotatable bonds is 8. The van der Waals surface area contributed by atoms with Crippen molar-refractivity contribution in [2.24, 2.45) is 0 Å². The van der Waals surface area contributed by atoms with E-state index in [9.17, 15) is 4.79 Å². The van der Waals surface area contributed by atoms with Gasteiger partial charge in [-0.1, -0.05) is 36.4 Å². The first-order valence-corrected chi connectivity index (χ1v) is 7.22. The zero-order chi connectivity index (χ0) is 17.6. The first kappa shape index (κ1) is 17.9. The van der Waals surface area contributed by atoms with E-state index in [0.29, 0.717) is 22.6 Å². The lowest BCUT2D eigenvalue weighted by atomic mass is 9.95. The number of methoxy groups -OCH3 is 3. The molecule has 24 heavy (non-hydrogen) atoms. The zero-order valence-electron chi connectivity index (χ0n) is 14.1. The summed E-state index contributed by atoms with van der Waals surface area (Å²) in [4.78, 5) is 23.3. The second kappa shape index (κ2) is 7.92. The molecule has 2 rings (SSSR count). The highest BCUT2D eigenvalue weighted by Gasteiger charge is 2.47. The fraction of sp³-hybridized carbons (Fsp3) is 0.278. The van der Waals surface area contributed by atoms with Crippen molar-refractivity contribution in [3.05, 3.63) is 59.7 Å². The van der Waals surface area contributed by atoms with Crippen LogP contribution in [0.25, 0.3) is 0 Å². The maximum absolute atomic E-state index is 13.1. The molecule has 0 aliphatic carbocycles. The molecule has 0 aromatic heterocycles. The molecule has 0 saturated heterocycles. The Morgan fingerprint density at radius 3 is 2.12 bits per heavy atom. The Kier molecular flexibility index (Phi) is 5.92. The molecule has 0 saturated carbocycles. The Balaban J connectivity index is 2.67. The van der Waals surface area contributed by atoms with Gasteiger partial charge >= 0.3 is 0 Å². The van der Waals surface area contributed by atoms with Crippen molar-refractivity contribution < 1.29 is 28.8 Å². The molecule has 128 valence electrons. The maximum Gasteiger partial charge on any atom is 0.295 e. The largest absolute Gasteiger partial charge is 0.493 e. The summed E-state index contributed by atoms with van der Waals surface area (Å²) in [5.74, 6) is -1.50. The van der Waals surface area contributed by atoms with Gasteiger partial charge in [-0.05, 0) is 12.1 Å². The standard InChI is InChI=1S/C18H20O6/c1-20-15-12-8-11-14(16(15)21-2)18(22-3,24-23-4)17(19)13-9-6-5-7-10-13/h5-12H,1-4H3. The molecular formula is C18H20O6. The topological polar surface area (TPSA) is 63.2 Å². The number of carbonyl (C=O) groups is 1. The predicted octanol–water partition coefficient (Wildman–Crippen LogP) is 2.96. The van der Waals surface area contributed by atoms with Crippen LogP contribution in [-0.4, -0.2) is 34.2 Å². The van der Waals surface area contributed by atoms with E-state index < -0.39 is 11.6 Å². The fourth-order valence-electron chi connectivity index (χ4n) is 2.48. The number of hydrogen-bond acceptors (Lipinski definition) is 6. The number of hydrogen-bond donors (Lipinski definition) is 0. The van der Waals surface area contributed by atoms with Gasteiger partial charge in [-0.25, -0.2) is 4.89 Å². The van der Waals surface area contributed by atoms with Crippen molar-refractivity contribution in [1.82, 2.24) is 0 Å². The second-order valence-corrected chi connectivity index (χ2v) is 4.81. The Labute approximate surface area is 140 Å². The third-order valence-electron chi connectivity index (χ3n) is 3.58. The summed E-state index contributed by atoms with van der Waals surface area (Å²) in [5.41, 5.74) is 0.740. The SMILES string of the molecule is COOC(OC)(C(=O)c1ccccc1)c1cccc(OC)c1OC. The summed E-state index contributed by atoms with van der Waals surface area (Å²) < 4.78 is 16.2. The van der Waals surface area contributed by atoms with E-state index in [1.54, 1.807) is 42.5 Å². The molecule has 0 heterocycles. The van der Waals surface area contributed by atoms with E-state index in [2.05, 4.69) is 0 Å². The summed E-state index contributed by atoms with van der Waals surface area (Å²) >= 11 is 0. The molecule has 0 bridgehead atoms. The van der Waals surface area contributed by atoms with E-state index in [1.807, 2.05) is 6.07 Å². The number of carbonyl (C=O) groups excluding carboxylic acids is 1. The highest BCUT2D eigenvalue weighted by molar-refractivity contribution is 6.02. The highest BCUT2D eigenvalue weighted by Crippen LogP contribution is 2.41. The van der Waals surface area contributed by atoms with Crippen LogP contribution in [0.3, 0.4) is 0 Å². The van der Waals surface area contributed by atoms with E-state index in [0.717, 1.165) is 0 Å². The Hall–Kier alpha value is -2.41. The van der Waals surface area contributed by atoms with Crippen molar-refractivity contribution in [3.63, 3.8) is 0 Å². The van der Waals surface area contributed by atoms with Gasteiger partial charge in [0.2, 0.25) is 5.78 Å². The number of ether oxygens (including phenoxy) is 3. The molecule has 0 amide bonds. The monoisotopic (exact) mass is 332 g/mol. The van der Waals surface area contributed by atoms with Crippen LogP contribution in [0.5, 0.6) is 11.5 Å². The summed E-state index contributed by atoms with van der Waals surface area (Å²) in [6, 6.07) is 13.7. The summed E-state index contributed by atoms with van der Waals surface area (Å²) in [5, 5.41) is 0. The second-order valence-electron chi connectivity index (χ2n) is 4.81. The smallest absolute Gasteiger partial charge is 0.295 e. The van der Waals surface area contributed by atoms with Gasteiger partial charge < -0.3 is 14.2 Å². The van der Waals surface area contributed by atoms with Crippen molar-refractivity contribution in [2.75, 3.05) is 28.4 Å². The molecule has 1 atom stereocenters. The number of ketones is 1. The van der Waals surface area contributed by atoms with Crippen LogP contribution < -0.4 is 9.47 Å². The van der Waals surface area contributed by atoms with Crippen molar-refractivity contribution in [3.8, 4) is 11.5 Å². The highest BCUT2D eigenvalue weighted by atomic mass is 17.2. The molecule has 0 fully saturated rings. The molecule has 6 heteroatoms. The molecule has 0 N–H and O–H groups in total. The molecule has 0 aliphatic heterocycles. The molecule has 6 nitrogen and oxygen atoms in total. The predicted molar refractivity (Wildman–Crippen MR) is 87.1 cm³/mol. The van der Waals surface area contributed by atoms with Crippen LogP contribution in [-0.2, 0) is 20.3 Å². The first-order chi connectivity index (χ1) is 11.6. The van der Waals surface area contributed by atoms with Gasteiger partial charge in [-0.15, -0.1) is 0 Å². The summed E-state index contributed by atoms with van der Waals surface area (Å²) in [6.07, 6.45) is 0. The normalized spacial score (nSPS) is 13.2. The van der Waals surface area contributed by atoms with E-state index in [-0.39, 0.29) is 0 Å². The van der Waals surface area contributed by atoms with Gasteiger partial charge in [-0.2, -0.15) is 4.89 Å². The third-order valence-corrected chi connectivity index (χ3v) is 3.58. The molecule has 2 aromatic rings. The minimum atomic E-state index is -1.84. The molecule has 0 spiro atoms. The lowest BCUT2D eigenvalue weighted by Crippen LogP contribution is -2.41. The van der Waals surface area contributed by atoms with E-state index >= 15 is 0 Å². The van der Waals surface area contributed by atoms with E-state index in [4.69, 9.17) is 24.0 Å². The molecular weight excluding hydrogens is 312 g/mol. The van der Waals surface area contributed by atoms with Gasteiger partial charge in [0.25, 0.3) is 5.79 Å². The van der Waals surface area contributed by atoms with Crippen LogP contribution in [0.1, 0.15) is 15.9 Å². The van der Waals surface area contributed by atoms with Gasteiger partial charge in [0.1, 0.15) is 0 Å². The minimum absolute atomic E-state index is 0.322. The fourth-order valence-corrected chi connectivity index (χ4v) is 2.48. The summed E-state index contributed by atoms with van der Waals surface area (Å²) in [7, 11) is 5.64. The van der Waals surface area contributed by atoms with Gasteiger partial charge in [-0.3, -0.25) is 4.79 Å². The van der Waals surface area contributed by atoms with Crippen molar-refractivity contribution in [1.29, 1.82) is 0 Å². The lowest BCUT2D eigenvalue weighted by molar-refractivity contribution is -0.397. The Morgan fingerprint density at radius 1 is 0.875 bits per heavy atom. The van der Waals surface area contributed by atoms with Crippen LogP contribution in [0.15, 0.2) is 48.5 Å². The van der Waals surface area contributed by atoms with Crippen molar-refractivity contribution in [2.45, 2.75) is 5.79 Å². The lowest BCUT2D eigenvalue weighted by Gasteiger charge is -2.30. The van der Waals surface area contributed by atoms with Gasteiger partial charge in [0.05, 0.1) is 26.9 Å². The number of Topliss-reactive ketones (excluding diaryl/α,β-unsaturated/α-hetero) is 1. The summed E-state index contributed by atoms with van der Waals surface area (Å²) in [6.45, 7) is 0. The maximum atomic E-state index is 13.1. The average Bonchev–Trinajstić information content (AvgIpc) is 2.65. The molecule has 0 aliphatic rings. The first-order valence-electron chi connectivity index (χ1n) is 7.22. The van der Waals surface area contributed by atoms with Crippen molar-refractivity contribution >= 4 is 5.78 Å².